The van der Waals surface area contributed by atoms with Crippen molar-refractivity contribution in [2.24, 2.45) is 0 Å². The number of halogens is 1. The van der Waals surface area contributed by atoms with E-state index in [1.165, 1.54) is 22.7 Å². The average molecular weight is 377 g/mol. The molecule has 0 saturated carbocycles. The van der Waals surface area contributed by atoms with Crippen molar-refractivity contribution in [1.29, 1.82) is 0 Å². The molecule has 7 heteroatoms. The minimum Gasteiger partial charge on any atom is -0.333 e. The fraction of sp³-hybridized carbons (Fsp3) is 0.0588. The molecular weight excluding hydrogens is 364 g/mol. The first-order chi connectivity index (χ1) is 11.6. The van der Waals surface area contributed by atoms with Crippen molar-refractivity contribution in [3.05, 3.63) is 73.6 Å². The van der Waals surface area contributed by atoms with Gasteiger partial charge < -0.3 is 10.6 Å². The topological polar surface area (TPSA) is 58.2 Å². The SMILES string of the molecule is O=C(NCc1ccc(C(=O)c2cccs2)s1)Nc1ccccc1Cl. The van der Waals surface area contributed by atoms with Crippen molar-refractivity contribution in [3.63, 3.8) is 0 Å². The maximum atomic E-state index is 12.2. The summed E-state index contributed by atoms with van der Waals surface area (Å²) in [6, 6.07) is 14.0. The Bertz CT molecular complexity index is 859. The summed E-state index contributed by atoms with van der Waals surface area (Å²) in [7, 11) is 0. The van der Waals surface area contributed by atoms with Crippen LogP contribution in [-0.4, -0.2) is 11.8 Å². The van der Waals surface area contributed by atoms with E-state index in [1.807, 2.05) is 23.6 Å². The lowest BCUT2D eigenvalue weighted by Gasteiger charge is -2.07. The largest absolute Gasteiger partial charge is 0.333 e. The fourth-order valence-electron chi connectivity index (χ4n) is 2.02. The van der Waals surface area contributed by atoms with Crippen molar-refractivity contribution in [2.75, 3.05) is 5.32 Å². The highest BCUT2D eigenvalue weighted by Gasteiger charge is 2.13. The van der Waals surface area contributed by atoms with E-state index in [4.69, 9.17) is 11.6 Å². The van der Waals surface area contributed by atoms with Gasteiger partial charge in [0.25, 0.3) is 0 Å². The van der Waals surface area contributed by atoms with Gasteiger partial charge in [0, 0.05) is 4.88 Å². The summed E-state index contributed by atoms with van der Waals surface area (Å²) >= 11 is 8.80. The maximum Gasteiger partial charge on any atom is 0.319 e. The lowest BCUT2D eigenvalue weighted by atomic mass is 10.3. The molecule has 0 aliphatic heterocycles. The molecule has 24 heavy (non-hydrogen) atoms. The Kier molecular flexibility index (Phi) is 5.30. The second kappa shape index (κ2) is 7.61. The minimum absolute atomic E-state index is 0.0155. The number of ketones is 1. The molecule has 0 unspecified atom stereocenters. The molecule has 0 fully saturated rings. The van der Waals surface area contributed by atoms with E-state index >= 15 is 0 Å². The highest BCUT2D eigenvalue weighted by molar-refractivity contribution is 7.16. The highest BCUT2D eigenvalue weighted by atomic mass is 35.5. The highest BCUT2D eigenvalue weighted by Crippen LogP contribution is 2.23. The van der Waals surface area contributed by atoms with E-state index in [-0.39, 0.29) is 11.8 Å². The van der Waals surface area contributed by atoms with Crippen molar-refractivity contribution < 1.29 is 9.59 Å². The number of amides is 2. The van der Waals surface area contributed by atoms with Crippen LogP contribution in [0, 0.1) is 0 Å². The van der Waals surface area contributed by atoms with Crippen LogP contribution in [0.4, 0.5) is 10.5 Å². The summed E-state index contributed by atoms with van der Waals surface area (Å²) in [4.78, 5) is 26.5. The zero-order valence-corrected chi connectivity index (χ0v) is 14.8. The summed E-state index contributed by atoms with van der Waals surface area (Å²) in [5.41, 5.74) is 0.552. The molecule has 3 rings (SSSR count). The van der Waals surface area contributed by atoms with Crippen LogP contribution in [0.25, 0.3) is 0 Å². The molecule has 0 aliphatic carbocycles. The van der Waals surface area contributed by atoms with Gasteiger partial charge in [-0.3, -0.25) is 4.79 Å². The molecule has 0 saturated heterocycles. The Hall–Kier alpha value is -2.15. The number of rotatable bonds is 5. The Labute approximate surface area is 152 Å². The number of urea groups is 1. The van der Waals surface area contributed by atoms with E-state index in [0.717, 1.165) is 4.88 Å². The summed E-state index contributed by atoms with van der Waals surface area (Å²) in [5.74, 6) is 0.0155. The average Bonchev–Trinajstić information content (AvgIpc) is 3.26. The van der Waals surface area contributed by atoms with Crippen LogP contribution >= 0.6 is 34.3 Å². The Morgan fingerprint density at radius 1 is 1.00 bits per heavy atom. The number of carbonyl (C=O) groups is 2. The number of hydrogen-bond acceptors (Lipinski definition) is 4. The number of benzene rings is 1. The van der Waals surface area contributed by atoms with Crippen LogP contribution < -0.4 is 10.6 Å². The number of thiophene rings is 2. The van der Waals surface area contributed by atoms with Gasteiger partial charge in [-0.1, -0.05) is 29.8 Å². The van der Waals surface area contributed by atoms with Gasteiger partial charge in [-0.2, -0.15) is 0 Å². The Morgan fingerprint density at radius 2 is 1.83 bits per heavy atom. The van der Waals surface area contributed by atoms with Gasteiger partial charge in [-0.05, 0) is 35.7 Å². The van der Waals surface area contributed by atoms with Crippen molar-refractivity contribution in [3.8, 4) is 0 Å². The third-order valence-electron chi connectivity index (χ3n) is 3.18. The lowest BCUT2D eigenvalue weighted by Crippen LogP contribution is -2.27. The van der Waals surface area contributed by atoms with E-state index in [9.17, 15) is 9.59 Å². The van der Waals surface area contributed by atoms with Crippen molar-refractivity contribution >= 4 is 51.8 Å². The fourth-order valence-corrected chi connectivity index (χ4v) is 3.85. The van der Waals surface area contributed by atoms with Gasteiger partial charge in [0.1, 0.15) is 0 Å². The van der Waals surface area contributed by atoms with Crippen LogP contribution in [0.5, 0.6) is 0 Å². The van der Waals surface area contributed by atoms with E-state index in [2.05, 4.69) is 10.6 Å². The van der Waals surface area contributed by atoms with Gasteiger partial charge in [0.15, 0.2) is 0 Å². The molecule has 0 spiro atoms. The van der Waals surface area contributed by atoms with Gasteiger partial charge in [-0.15, -0.1) is 22.7 Å². The van der Waals surface area contributed by atoms with Crippen molar-refractivity contribution in [2.45, 2.75) is 6.54 Å². The normalized spacial score (nSPS) is 10.4. The number of hydrogen-bond donors (Lipinski definition) is 2. The lowest BCUT2D eigenvalue weighted by molar-refractivity contribution is 0.104. The van der Waals surface area contributed by atoms with E-state index < -0.39 is 0 Å². The second-order valence-corrected chi connectivity index (χ2v) is 7.38. The summed E-state index contributed by atoms with van der Waals surface area (Å²) in [5, 5.41) is 7.80. The molecule has 0 aliphatic rings. The predicted octanol–water partition coefficient (Wildman–Crippen LogP) is 5.02. The maximum absolute atomic E-state index is 12.2. The second-order valence-electron chi connectivity index (χ2n) is 4.86. The number of para-hydroxylation sites is 1. The Balaban J connectivity index is 1.56. The molecule has 0 atom stereocenters. The molecular formula is C17H13ClN2O2S2. The van der Waals surface area contributed by atoms with Crippen LogP contribution in [0.2, 0.25) is 5.02 Å². The number of carbonyl (C=O) groups excluding carboxylic acids is 2. The van der Waals surface area contributed by atoms with Gasteiger partial charge in [0.05, 0.1) is 27.0 Å². The third kappa shape index (κ3) is 4.03. The molecule has 0 radical (unpaired) electrons. The first-order valence-corrected chi connectivity index (χ1v) is 9.17. The number of nitrogens with one attached hydrogen (secondary N) is 2. The smallest absolute Gasteiger partial charge is 0.319 e. The molecule has 2 N–H and O–H groups in total. The zero-order valence-electron chi connectivity index (χ0n) is 12.4. The summed E-state index contributed by atoms with van der Waals surface area (Å²) < 4.78 is 0. The standard InChI is InChI=1S/C17H13ClN2O2S2/c18-12-4-1-2-5-13(12)20-17(22)19-10-11-7-8-15(24-11)16(21)14-6-3-9-23-14/h1-9H,10H2,(H2,19,20,22). The van der Waals surface area contributed by atoms with Crippen LogP contribution in [0.15, 0.2) is 53.9 Å². The predicted molar refractivity (Wildman–Crippen MR) is 99.4 cm³/mol. The first-order valence-electron chi connectivity index (χ1n) is 7.10. The number of anilines is 1. The molecule has 2 aromatic heterocycles. The summed E-state index contributed by atoms with van der Waals surface area (Å²) in [6.45, 7) is 0.346. The van der Waals surface area contributed by atoms with Gasteiger partial charge in [0.2, 0.25) is 5.78 Å². The first kappa shape index (κ1) is 16.7. The van der Waals surface area contributed by atoms with E-state index in [1.54, 1.807) is 30.3 Å². The molecule has 2 heterocycles. The molecule has 2 amide bonds. The molecule has 3 aromatic rings. The van der Waals surface area contributed by atoms with Crippen molar-refractivity contribution in [1.82, 2.24) is 5.32 Å². The monoisotopic (exact) mass is 376 g/mol. The van der Waals surface area contributed by atoms with Gasteiger partial charge in [-0.25, -0.2) is 4.79 Å². The molecule has 1 aromatic carbocycles. The Morgan fingerprint density at radius 3 is 2.58 bits per heavy atom. The molecule has 0 bridgehead atoms. The van der Waals surface area contributed by atoms with Gasteiger partial charge >= 0.3 is 6.03 Å². The molecule has 122 valence electrons. The van der Waals surface area contributed by atoms with Crippen LogP contribution in [0.3, 0.4) is 0 Å². The third-order valence-corrected chi connectivity index (χ3v) is 5.46. The van der Waals surface area contributed by atoms with Crippen LogP contribution in [0.1, 0.15) is 19.4 Å². The van der Waals surface area contributed by atoms with E-state index in [0.29, 0.717) is 27.0 Å². The van der Waals surface area contributed by atoms with Crippen LogP contribution in [-0.2, 0) is 6.54 Å². The zero-order chi connectivity index (χ0) is 16.9. The quantitative estimate of drug-likeness (QED) is 0.614. The molecule has 4 nitrogen and oxygen atoms in total. The summed E-state index contributed by atoms with van der Waals surface area (Å²) in [6.07, 6.45) is 0. The minimum atomic E-state index is -0.345.